The van der Waals surface area contributed by atoms with Crippen LogP contribution < -0.4 is 9.47 Å². The van der Waals surface area contributed by atoms with Crippen LogP contribution in [0.3, 0.4) is 0 Å². The van der Waals surface area contributed by atoms with Gasteiger partial charge in [-0.15, -0.1) is 5.10 Å². The van der Waals surface area contributed by atoms with E-state index in [1.165, 1.54) is 5.56 Å². The topological polar surface area (TPSA) is 67.0 Å². The molecule has 0 amide bonds. The summed E-state index contributed by atoms with van der Waals surface area (Å²) in [6.45, 7) is 7.11. The van der Waals surface area contributed by atoms with Gasteiger partial charge in [0.15, 0.2) is 0 Å². The van der Waals surface area contributed by atoms with E-state index in [2.05, 4.69) is 46.5 Å². The monoisotopic (exact) mass is 417 g/mol. The summed E-state index contributed by atoms with van der Waals surface area (Å²) in [5, 5.41) is 8.43. The minimum absolute atomic E-state index is 0.295. The van der Waals surface area contributed by atoms with Crippen LogP contribution in [0.4, 0.5) is 0 Å². The number of ether oxygens (including phenoxy) is 2. The Morgan fingerprint density at radius 2 is 1.81 bits per heavy atom. The second-order valence-electron chi connectivity index (χ2n) is 7.54. The normalized spacial score (nSPS) is 14.4. The third-order valence-electron chi connectivity index (χ3n) is 5.11. The Balaban J connectivity index is 0.000000192. The summed E-state index contributed by atoms with van der Waals surface area (Å²) in [5.74, 6) is 0.828. The molecule has 0 N–H and O–H groups in total. The zero-order valence-electron chi connectivity index (χ0n) is 18.3. The quantitative estimate of drug-likeness (QED) is 0.490. The van der Waals surface area contributed by atoms with Gasteiger partial charge in [0.1, 0.15) is 17.5 Å². The Morgan fingerprint density at radius 1 is 1.06 bits per heavy atom. The van der Waals surface area contributed by atoms with Crippen LogP contribution in [0.15, 0.2) is 60.9 Å². The molecule has 4 aromatic rings. The molecule has 1 atom stereocenters. The van der Waals surface area contributed by atoms with Crippen molar-refractivity contribution in [1.82, 2.24) is 24.5 Å². The molecule has 3 heterocycles. The molecule has 7 nitrogen and oxygen atoms in total. The largest absolute Gasteiger partial charge is 0.497 e. The Bertz CT molecular complexity index is 1040. The lowest BCUT2D eigenvalue weighted by Crippen LogP contribution is -2.08. The average Bonchev–Trinajstić information content (AvgIpc) is 3.49. The van der Waals surface area contributed by atoms with Gasteiger partial charge < -0.3 is 9.47 Å². The van der Waals surface area contributed by atoms with E-state index < -0.39 is 0 Å². The van der Waals surface area contributed by atoms with Crippen molar-refractivity contribution in [2.75, 3.05) is 7.11 Å². The predicted molar refractivity (Wildman–Crippen MR) is 120 cm³/mol. The molecule has 2 aromatic carbocycles. The molecule has 0 saturated carbocycles. The fourth-order valence-electron chi connectivity index (χ4n) is 3.41. The number of rotatable bonds is 4. The van der Waals surface area contributed by atoms with Crippen LogP contribution in [0.2, 0.25) is 0 Å². The van der Waals surface area contributed by atoms with Gasteiger partial charge in [-0.25, -0.2) is 9.67 Å². The van der Waals surface area contributed by atoms with Gasteiger partial charge in [0, 0.05) is 11.8 Å². The second-order valence-corrected chi connectivity index (χ2v) is 7.54. The van der Waals surface area contributed by atoms with E-state index in [1.54, 1.807) is 11.8 Å². The van der Waals surface area contributed by atoms with Crippen LogP contribution >= 0.6 is 0 Å². The van der Waals surface area contributed by atoms with Crippen LogP contribution in [0.1, 0.15) is 25.1 Å². The Morgan fingerprint density at radius 3 is 2.45 bits per heavy atom. The number of nitrogens with zero attached hydrogens (tertiary/aromatic N) is 5. The smallest absolute Gasteiger partial charge is 0.296 e. The number of imidazole rings is 1. The first kappa shape index (κ1) is 20.7. The van der Waals surface area contributed by atoms with Crippen molar-refractivity contribution in [3.8, 4) is 28.7 Å². The maximum Gasteiger partial charge on any atom is 0.296 e. The summed E-state index contributed by atoms with van der Waals surface area (Å²) in [6, 6.07) is 16.9. The molecule has 5 rings (SSSR count). The summed E-state index contributed by atoms with van der Waals surface area (Å²) in [4.78, 5) is 4.18. The Kier molecular flexibility index (Phi) is 6.02. The summed E-state index contributed by atoms with van der Waals surface area (Å²) < 4.78 is 14.3. The molecule has 0 radical (unpaired) electrons. The van der Waals surface area contributed by atoms with Gasteiger partial charge in [0.25, 0.3) is 6.01 Å². The fourth-order valence-corrected chi connectivity index (χ4v) is 3.41. The molecule has 0 fully saturated rings. The van der Waals surface area contributed by atoms with Crippen molar-refractivity contribution in [3.05, 3.63) is 72.2 Å². The molecule has 0 spiro atoms. The second kappa shape index (κ2) is 9.04. The highest BCUT2D eigenvalue weighted by atomic mass is 16.5. The SMILES string of the molecule is CCc1ccc(-c2cn(-c3ccc(OC)cc3)nn2)cc1.Cc1cn2c(n1)OC(C)C2. The molecule has 31 heavy (non-hydrogen) atoms. The zero-order valence-corrected chi connectivity index (χ0v) is 18.3. The summed E-state index contributed by atoms with van der Waals surface area (Å²) in [6.07, 6.45) is 5.28. The van der Waals surface area contributed by atoms with E-state index in [9.17, 15) is 0 Å². The highest BCUT2D eigenvalue weighted by molar-refractivity contribution is 5.58. The van der Waals surface area contributed by atoms with Crippen molar-refractivity contribution in [2.45, 2.75) is 39.8 Å². The maximum absolute atomic E-state index is 5.38. The van der Waals surface area contributed by atoms with E-state index in [0.717, 1.165) is 47.4 Å². The molecule has 0 bridgehead atoms. The number of benzene rings is 2. The third kappa shape index (κ3) is 4.77. The summed E-state index contributed by atoms with van der Waals surface area (Å²) >= 11 is 0. The number of hydrogen-bond acceptors (Lipinski definition) is 5. The molecule has 1 unspecified atom stereocenters. The average molecular weight is 418 g/mol. The van der Waals surface area contributed by atoms with Crippen molar-refractivity contribution >= 4 is 0 Å². The standard InChI is InChI=1S/C17H17N3O.C7H10N2O/c1-3-13-4-6-14(7-5-13)17-12-20(19-18-17)15-8-10-16(21-2)11-9-15;1-5-3-9-4-6(2)10-7(9)8-5/h4-12H,3H2,1-2H3;3,6H,4H2,1-2H3. The molecule has 2 aromatic heterocycles. The molecule has 1 aliphatic heterocycles. The molecule has 160 valence electrons. The lowest BCUT2D eigenvalue weighted by Gasteiger charge is -2.02. The van der Waals surface area contributed by atoms with Crippen LogP contribution in [0.25, 0.3) is 16.9 Å². The summed E-state index contributed by atoms with van der Waals surface area (Å²) in [5.41, 5.74) is 5.25. The van der Waals surface area contributed by atoms with E-state index in [1.807, 2.05) is 55.1 Å². The number of aryl methyl sites for hydroxylation is 2. The lowest BCUT2D eigenvalue weighted by molar-refractivity contribution is 0.245. The Hall–Kier alpha value is -3.61. The Labute approximate surface area is 182 Å². The molecule has 0 saturated heterocycles. The van der Waals surface area contributed by atoms with Gasteiger partial charge >= 0.3 is 0 Å². The van der Waals surface area contributed by atoms with Gasteiger partial charge in [-0.3, -0.25) is 4.57 Å². The van der Waals surface area contributed by atoms with Crippen molar-refractivity contribution in [2.24, 2.45) is 0 Å². The maximum atomic E-state index is 5.38. The van der Waals surface area contributed by atoms with Gasteiger partial charge in [-0.1, -0.05) is 36.4 Å². The van der Waals surface area contributed by atoms with Crippen LogP contribution in [0, 0.1) is 6.92 Å². The zero-order chi connectivity index (χ0) is 21.8. The lowest BCUT2D eigenvalue weighted by atomic mass is 10.1. The highest BCUT2D eigenvalue weighted by Gasteiger charge is 2.19. The van der Waals surface area contributed by atoms with Crippen molar-refractivity contribution < 1.29 is 9.47 Å². The minimum Gasteiger partial charge on any atom is -0.497 e. The number of fused-ring (bicyclic) bond motifs is 1. The van der Waals surface area contributed by atoms with Gasteiger partial charge in [0.05, 0.1) is 31.2 Å². The van der Waals surface area contributed by atoms with Gasteiger partial charge in [0.2, 0.25) is 0 Å². The van der Waals surface area contributed by atoms with Gasteiger partial charge in [-0.05, 0) is 50.1 Å². The molecule has 7 heteroatoms. The van der Waals surface area contributed by atoms with Crippen LogP contribution in [-0.2, 0) is 13.0 Å². The fraction of sp³-hybridized carbons (Fsp3) is 0.292. The first-order valence-corrected chi connectivity index (χ1v) is 10.4. The first-order chi connectivity index (χ1) is 15.1. The van der Waals surface area contributed by atoms with Gasteiger partial charge in [-0.2, -0.15) is 0 Å². The van der Waals surface area contributed by atoms with Crippen molar-refractivity contribution in [1.29, 1.82) is 0 Å². The predicted octanol–water partition coefficient (Wildman–Crippen LogP) is 4.48. The summed E-state index contributed by atoms with van der Waals surface area (Å²) in [7, 11) is 1.66. The van der Waals surface area contributed by atoms with E-state index >= 15 is 0 Å². The van der Waals surface area contributed by atoms with Crippen LogP contribution in [-0.4, -0.2) is 37.8 Å². The number of hydrogen-bond donors (Lipinski definition) is 0. The van der Waals surface area contributed by atoms with E-state index in [0.29, 0.717) is 6.10 Å². The molecule has 1 aliphatic rings. The highest BCUT2D eigenvalue weighted by Crippen LogP contribution is 2.21. The molecular formula is C24H27N5O2. The van der Waals surface area contributed by atoms with E-state index in [-0.39, 0.29) is 0 Å². The molecular weight excluding hydrogens is 390 g/mol. The van der Waals surface area contributed by atoms with E-state index in [4.69, 9.17) is 9.47 Å². The number of aromatic nitrogens is 5. The van der Waals surface area contributed by atoms with Crippen molar-refractivity contribution in [3.63, 3.8) is 0 Å². The minimum atomic E-state index is 0.295. The third-order valence-corrected chi connectivity index (χ3v) is 5.11. The number of methoxy groups -OCH3 is 1. The van der Waals surface area contributed by atoms with Crippen LogP contribution in [0.5, 0.6) is 11.8 Å². The first-order valence-electron chi connectivity index (χ1n) is 10.4. The molecule has 0 aliphatic carbocycles.